The third-order valence-electron chi connectivity index (χ3n) is 5.88. The number of halogens is 3. The molecule has 2 aliphatic rings. The van der Waals surface area contributed by atoms with E-state index in [0.29, 0.717) is 62.1 Å². The Balaban J connectivity index is 1.29. The molecule has 0 bridgehead atoms. The summed E-state index contributed by atoms with van der Waals surface area (Å²) in [6, 6.07) is 5.65. The molecule has 2 aliphatic heterocycles. The zero-order valence-electron chi connectivity index (χ0n) is 17.2. The minimum absolute atomic E-state index is 0.0122. The molecule has 32 heavy (non-hydrogen) atoms. The third kappa shape index (κ3) is 4.76. The Morgan fingerprint density at radius 1 is 1.03 bits per heavy atom. The number of hydrogen-bond acceptors (Lipinski definition) is 6. The second-order valence-corrected chi connectivity index (χ2v) is 10.9. The SMILES string of the molecule is O=C(C1CCN(S(=O)(=O)c2cccs2)CC1)N1CCN(c2ccc(C(F)(F)F)cn2)CC1. The Labute approximate surface area is 188 Å². The third-order valence-corrected chi connectivity index (χ3v) is 9.15. The highest BCUT2D eigenvalue weighted by Gasteiger charge is 2.35. The second kappa shape index (κ2) is 8.99. The van der Waals surface area contributed by atoms with Gasteiger partial charge in [0.05, 0.1) is 5.56 Å². The van der Waals surface area contributed by atoms with Crippen molar-refractivity contribution in [1.82, 2.24) is 14.2 Å². The molecule has 174 valence electrons. The van der Waals surface area contributed by atoms with Crippen LogP contribution in [-0.2, 0) is 21.0 Å². The molecule has 0 atom stereocenters. The number of amides is 1. The first-order valence-corrected chi connectivity index (χ1v) is 12.6. The number of hydrogen-bond donors (Lipinski definition) is 0. The first-order chi connectivity index (χ1) is 15.2. The van der Waals surface area contributed by atoms with Gasteiger partial charge in [0, 0.05) is 51.4 Å². The number of alkyl halides is 3. The van der Waals surface area contributed by atoms with Crippen molar-refractivity contribution in [3.05, 3.63) is 41.4 Å². The summed E-state index contributed by atoms with van der Waals surface area (Å²) >= 11 is 1.18. The van der Waals surface area contributed by atoms with Gasteiger partial charge in [-0.05, 0) is 36.4 Å². The van der Waals surface area contributed by atoms with E-state index in [-0.39, 0.29) is 11.8 Å². The summed E-state index contributed by atoms with van der Waals surface area (Å²) in [5.41, 5.74) is -0.789. The predicted molar refractivity (Wildman–Crippen MR) is 114 cm³/mol. The van der Waals surface area contributed by atoms with E-state index in [9.17, 15) is 26.4 Å². The summed E-state index contributed by atoms with van der Waals surface area (Å²) < 4.78 is 65.2. The lowest BCUT2D eigenvalue weighted by Gasteiger charge is -2.38. The van der Waals surface area contributed by atoms with Crippen LogP contribution in [0.4, 0.5) is 19.0 Å². The number of anilines is 1. The number of sulfonamides is 1. The summed E-state index contributed by atoms with van der Waals surface area (Å²) in [7, 11) is -3.50. The number of rotatable bonds is 4. The molecule has 12 heteroatoms. The number of aromatic nitrogens is 1. The van der Waals surface area contributed by atoms with Gasteiger partial charge < -0.3 is 9.80 Å². The van der Waals surface area contributed by atoms with Gasteiger partial charge >= 0.3 is 6.18 Å². The summed E-state index contributed by atoms with van der Waals surface area (Å²) in [5.74, 6) is 0.246. The molecule has 0 radical (unpaired) electrons. The average molecular weight is 489 g/mol. The molecule has 0 N–H and O–H groups in total. The van der Waals surface area contributed by atoms with Crippen molar-refractivity contribution in [1.29, 1.82) is 0 Å². The molecule has 2 aromatic heterocycles. The van der Waals surface area contributed by atoms with Gasteiger partial charge in [-0.25, -0.2) is 13.4 Å². The van der Waals surface area contributed by atoms with E-state index in [2.05, 4.69) is 4.98 Å². The van der Waals surface area contributed by atoms with E-state index < -0.39 is 21.8 Å². The summed E-state index contributed by atoms with van der Waals surface area (Å²) in [6.45, 7) is 2.49. The monoisotopic (exact) mass is 488 g/mol. The van der Waals surface area contributed by atoms with Crippen LogP contribution < -0.4 is 4.90 Å². The largest absolute Gasteiger partial charge is 0.417 e. The van der Waals surface area contributed by atoms with Crippen LogP contribution in [0.2, 0.25) is 0 Å². The minimum atomic E-state index is -4.42. The summed E-state index contributed by atoms with van der Waals surface area (Å²) in [6.07, 6.45) is -2.64. The highest BCUT2D eigenvalue weighted by molar-refractivity contribution is 7.91. The lowest BCUT2D eigenvalue weighted by Crippen LogP contribution is -2.52. The van der Waals surface area contributed by atoms with Crippen LogP contribution >= 0.6 is 11.3 Å². The lowest BCUT2D eigenvalue weighted by atomic mass is 9.96. The molecule has 0 unspecified atom stereocenters. The predicted octanol–water partition coefficient (Wildman–Crippen LogP) is 2.91. The van der Waals surface area contributed by atoms with Crippen LogP contribution in [0, 0.1) is 5.92 Å². The van der Waals surface area contributed by atoms with Gasteiger partial charge in [0.1, 0.15) is 10.0 Å². The van der Waals surface area contributed by atoms with E-state index in [1.54, 1.807) is 22.4 Å². The van der Waals surface area contributed by atoms with Gasteiger partial charge in [0.15, 0.2) is 0 Å². The van der Waals surface area contributed by atoms with Crippen LogP contribution in [0.3, 0.4) is 0 Å². The molecular formula is C20H23F3N4O3S2. The molecule has 2 fully saturated rings. The van der Waals surface area contributed by atoms with Crippen LogP contribution in [0.25, 0.3) is 0 Å². The maximum Gasteiger partial charge on any atom is 0.417 e. The molecule has 1 amide bonds. The normalized spacial score (nSPS) is 19.3. The molecule has 4 heterocycles. The highest BCUT2D eigenvalue weighted by Crippen LogP contribution is 2.30. The van der Waals surface area contributed by atoms with Gasteiger partial charge in [0.2, 0.25) is 5.91 Å². The number of piperidine rings is 1. The van der Waals surface area contributed by atoms with E-state index in [1.807, 2.05) is 4.90 Å². The van der Waals surface area contributed by atoms with Crippen molar-refractivity contribution in [3.63, 3.8) is 0 Å². The minimum Gasteiger partial charge on any atom is -0.353 e. The van der Waals surface area contributed by atoms with Crippen LogP contribution in [0.15, 0.2) is 40.1 Å². The standard InChI is InChI=1S/C20H23F3N4O3S2/c21-20(22,23)16-3-4-17(24-14-16)25-9-11-26(12-10-25)19(28)15-5-7-27(8-6-15)32(29,30)18-2-1-13-31-18/h1-4,13-15H,5-12H2. The quantitative estimate of drug-likeness (QED) is 0.662. The molecular weight excluding hydrogens is 465 g/mol. The first-order valence-electron chi connectivity index (χ1n) is 10.3. The number of nitrogens with zero attached hydrogens (tertiary/aromatic N) is 4. The van der Waals surface area contributed by atoms with Gasteiger partial charge in [-0.3, -0.25) is 4.79 Å². The lowest BCUT2D eigenvalue weighted by molar-refractivity contribution is -0.138. The van der Waals surface area contributed by atoms with Crippen molar-refractivity contribution in [2.24, 2.45) is 5.92 Å². The van der Waals surface area contributed by atoms with Gasteiger partial charge in [-0.15, -0.1) is 11.3 Å². The van der Waals surface area contributed by atoms with Crippen LogP contribution in [0.1, 0.15) is 18.4 Å². The van der Waals surface area contributed by atoms with E-state index in [1.165, 1.54) is 21.7 Å². The van der Waals surface area contributed by atoms with E-state index >= 15 is 0 Å². The number of piperazine rings is 1. The van der Waals surface area contributed by atoms with Gasteiger partial charge in [-0.2, -0.15) is 17.5 Å². The summed E-state index contributed by atoms with van der Waals surface area (Å²) in [4.78, 5) is 20.5. The van der Waals surface area contributed by atoms with E-state index in [4.69, 9.17) is 0 Å². The molecule has 0 spiro atoms. The fourth-order valence-corrected chi connectivity index (χ4v) is 6.65. The Hall–Kier alpha value is -2.18. The second-order valence-electron chi connectivity index (χ2n) is 7.83. The maximum absolute atomic E-state index is 12.9. The van der Waals surface area contributed by atoms with Gasteiger partial charge in [-0.1, -0.05) is 6.07 Å². The molecule has 2 saturated heterocycles. The summed E-state index contributed by atoms with van der Waals surface area (Å²) in [5, 5.41) is 1.73. The van der Waals surface area contributed by atoms with Crippen molar-refractivity contribution >= 4 is 33.1 Å². The van der Waals surface area contributed by atoms with Crippen LogP contribution in [-0.4, -0.2) is 67.8 Å². The smallest absolute Gasteiger partial charge is 0.353 e. The van der Waals surface area contributed by atoms with Crippen molar-refractivity contribution < 1.29 is 26.4 Å². The van der Waals surface area contributed by atoms with Crippen molar-refractivity contribution in [2.45, 2.75) is 23.2 Å². The molecule has 4 rings (SSSR count). The molecule has 2 aromatic rings. The topological polar surface area (TPSA) is 73.8 Å². The Kier molecular flexibility index (Phi) is 6.46. The average Bonchev–Trinajstić information content (AvgIpc) is 3.34. The van der Waals surface area contributed by atoms with Crippen molar-refractivity contribution in [3.8, 4) is 0 Å². The highest BCUT2D eigenvalue weighted by atomic mass is 32.2. The van der Waals surface area contributed by atoms with E-state index in [0.717, 1.165) is 12.3 Å². The molecule has 0 aliphatic carbocycles. The first kappa shape index (κ1) is 23.0. The van der Waals surface area contributed by atoms with Crippen LogP contribution in [0.5, 0.6) is 0 Å². The molecule has 0 aromatic carbocycles. The molecule has 0 saturated carbocycles. The zero-order chi connectivity index (χ0) is 22.9. The fourth-order valence-electron chi connectivity index (χ4n) is 4.04. The zero-order valence-corrected chi connectivity index (χ0v) is 18.8. The maximum atomic E-state index is 12.9. The Morgan fingerprint density at radius 3 is 2.25 bits per heavy atom. The van der Waals surface area contributed by atoms with Crippen molar-refractivity contribution in [2.75, 3.05) is 44.2 Å². The number of thiophene rings is 1. The Morgan fingerprint density at radius 2 is 1.72 bits per heavy atom. The van der Waals surface area contributed by atoms with Gasteiger partial charge in [0.25, 0.3) is 10.0 Å². The number of carbonyl (C=O) groups is 1. The Bertz CT molecular complexity index is 1030. The number of pyridine rings is 1. The fraction of sp³-hybridized carbons (Fsp3) is 0.500. The number of carbonyl (C=O) groups excluding carboxylic acids is 1. The molecule has 7 nitrogen and oxygen atoms in total.